The monoisotopic (exact) mass is 259 g/mol. The number of hydrogen-bond acceptors (Lipinski definition) is 3. The van der Waals surface area contributed by atoms with E-state index in [-0.39, 0.29) is 5.54 Å². The van der Waals surface area contributed by atoms with Crippen LogP contribution in [0.25, 0.3) is 0 Å². The molecule has 1 rings (SSSR count). The van der Waals surface area contributed by atoms with Gasteiger partial charge in [0.25, 0.3) is 0 Å². The van der Waals surface area contributed by atoms with Crippen LogP contribution in [-0.4, -0.2) is 25.7 Å². The minimum Gasteiger partial charge on any atom is -0.373 e. The average molecular weight is 259 g/mol. The zero-order valence-corrected chi connectivity index (χ0v) is 12.7. The zero-order valence-electron chi connectivity index (χ0n) is 12.7. The van der Waals surface area contributed by atoms with Crippen LogP contribution in [0, 0.1) is 17.2 Å². The summed E-state index contributed by atoms with van der Waals surface area (Å²) in [5.74, 6) is 0.524. The third-order valence-corrected chi connectivity index (χ3v) is 3.00. The minimum absolute atomic E-state index is 0.150. The van der Waals surface area contributed by atoms with E-state index in [1.807, 2.05) is 31.3 Å². The second-order valence-corrected chi connectivity index (χ2v) is 6.25. The van der Waals surface area contributed by atoms with E-state index in [0.29, 0.717) is 5.92 Å². The summed E-state index contributed by atoms with van der Waals surface area (Å²) in [7, 11) is 2.05. The van der Waals surface area contributed by atoms with Gasteiger partial charge in [0.05, 0.1) is 11.3 Å². The van der Waals surface area contributed by atoms with E-state index in [0.717, 1.165) is 24.3 Å². The summed E-state index contributed by atoms with van der Waals surface area (Å²) in [6.07, 6.45) is 0. The van der Waals surface area contributed by atoms with Crippen molar-refractivity contribution in [2.45, 2.75) is 33.2 Å². The van der Waals surface area contributed by atoms with Crippen molar-refractivity contribution in [3.63, 3.8) is 0 Å². The molecule has 0 radical (unpaired) electrons. The number of benzene rings is 1. The molecule has 0 aliphatic carbocycles. The number of para-hydroxylation sites is 1. The van der Waals surface area contributed by atoms with Crippen molar-refractivity contribution in [1.82, 2.24) is 5.32 Å². The Kier molecular flexibility index (Phi) is 5.38. The molecule has 1 aromatic rings. The highest BCUT2D eigenvalue weighted by Gasteiger charge is 2.14. The summed E-state index contributed by atoms with van der Waals surface area (Å²) in [5, 5.41) is 12.6. The van der Waals surface area contributed by atoms with Crippen LogP contribution in [0.1, 0.15) is 33.3 Å². The fourth-order valence-corrected chi connectivity index (χ4v) is 2.01. The maximum atomic E-state index is 9.12. The topological polar surface area (TPSA) is 39.1 Å². The Morgan fingerprint density at radius 1 is 1.32 bits per heavy atom. The lowest BCUT2D eigenvalue weighted by atomic mass is 10.1. The lowest BCUT2D eigenvalue weighted by Crippen LogP contribution is -2.41. The zero-order chi connectivity index (χ0) is 14.5. The quantitative estimate of drug-likeness (QED) is 0.883. The van der Waals surface area contributed by atoms with E-state index in [1.54, 1.807) is 0 Å². The van der Waals surface area contributed by atoms with Crippen molar-refractivity contribution in [3.8, 4) is 6.07 Å². The van der Waals surface area contributed by atoms with Crippen LogP contribution in [0.3, 0.4) is 0 Å². The smallest absolute Gasteiger partial charge is 0.101 e. The van der Waals surface area contributed by atoms with E-state index in [2.05, 4.69) is 44.0 Å². The van der Waals surface area contributed by atoms with Crippen LogP contribution in [0.4, 0.5) is 5.69 Å². The molecule has 0 spiro atoms. The number of hydrogen-bond donors (Lipinski definition) is 1. The van der Waals surface area contributed by atoms with Gasteiger partial charge in [-0.25, -0.2) is 0 Å². The molecule has 3 nitrogen and oxygen atoms in total. The van der Waals surface area contributed by atoms with Gasteiger partial charge in [-0.2, -0.15) is 5.26 Å². The van der Waals surface area contributed by atoms with Crippen LogP contribution < -0.4 is 10.2 Å². The fourth-order valence-electron chi connectivity index (χ4n) is 2.01. The van der Waals surface area contributed by atoms with E-state index in [9.17, 15) is 0 Å². The summed E-state index contributed by atoms with van der Waals surface area (Å²) >= 11 is 0. The summed E-state index contributed by atoms with van der Waals surface area (Å²) in [6.45, 7) is 10.7. The highest BCUT2D eigenvalue weighted by Crippen LogP contribution is 2.19. The molecular formula is C16H25N3. The Morgan fingerprint density at radius 2 is 1.95 bits per heavy atom. The van der Waals surface area contributed by atoms with Crippen LogP contribution >= 0.6 is 0 Å². The standard InChI is InChI=1S/C16H25N3/c1-13(11-18-16(2,3)4)12-19(5)15-9-7-6-8-14(15)10-17/h6-9,13,18H,11-12H2,1-5H3. The first-order valence-electron chi connectivity index (χ1n) is 6.79. The third-order valence-electron chi connectivity index (χ3n) is 3.00. The van der Waals surface area contributed by atoms with Crippen molar-refractivity contribution in [1.29, 1.82) is 5.26 Å². The van der Waals surface area contributed by atoms with Crippen LogP contribution in [0.5, 0.6) is 0 Å². The van der Waals surface area contributed by atoms with Gasteiger partial charge in [-0.1, -0.05) is 19.1 Å². The molecule has 0 fully saturated rings. The molecule has 0 saturated carbocycles. The van der Waals surface area contributed by atoms with Crippen molar-refractivity contribution in [3.05, 3.63) is 29.8 Å². The van der Waals surface area contributed by atoms with Gasteiger partial charge in [-0.15, -0.1) is 0 Å². The number of anilines is 1. The Morgan fingerprint density at radius 3 is 2.53 bits per heavy atom. The molecule has 19 heavy (non-hydrogen) atoms. The molecule has 0 amide bonds. The largest absolute Gasteiger partial charge is 0.373 e. The molecule has 1 unspecified atom stereocenters. The number of nitrogens with zero attached hydrogens (tertiary/aromatic N) is 2. The lowest BCUT2D eigenvalue weighted by molar-refractivity contribution is 0.384. The first-order valence-corrected chi connectivity index (χ1v) is 6.79. The lowest BCUT2D eigenvalue weighted by Gasteiger charge is -2.27. The van der Waals surface area contributed by atoms with E-state index in [4.69, 9.17) is 5.26 Å². The van der Waals surface area contributed by atoms with E-state index < -0.39 is 0 Å². The third kappa shape index (κ3) is 5.32. The maximum absolute atomic E-state index is 9.12. The van der Waals surface area contributed by atoms with Crippen LogP contribution in [0.2, 0.25) is 0 Å². The summed E-state index contributed by atoms with van der Waals surface area (Å²) in [5.41, 5.74) is 1.89. The molecule has 0 heterocycles. The summed E-state index contributed by atoms with van der Waals surface area (Å²) in [4.78, 5) is 2.16. The Hall–Kier alpha value is -1.53. The van der Waals surface area contributed by atoms with Gasteiger partial charge >= 0.3 is 0 Å². The van der Waals surface area contributed by atoms with Crippen LogP contribution in [0.15, 0.2) is 24.3 Å². The van der Waals surface area contributed by atoms with Crippen molar-refractivity contribution in [2.24, 2.45) is 5.92 Å². The van der Waals surface area contributed by atoms with Gasteiger partial charge in [0.15, 0.2) is 0 Å². The van der Waals surface area contributed by atoms with Gasteiger partial charge in [0.1, 0.15) is 6.07 Å². The minimum atomic E-state index is 0.150. The molecule has 0 bridgehead atoms. The molecule has 3 heteroatoms. The predicted octanol–water partition coefficient (Wildman–Crippen LogP) is 3.02. The molecule has 0 aliphatic heterocycles. The predicted molar refractivity (Wildman–Crippen MR) is 81.3 cm³/mol. The molecule has 1 atom stereocenters. The second-order valence-electron chi connectivity index (χ2n) is 6.25. The Labute approximate surface area is 117 Å². The Balaban J connectivity index is 2.60. The fraction of sp³-hybridized carbons (Fsp3) is 0.562. The molecular weight excluding hydrogens is 234 g/mol. The summed E-state index contributed by atoms with van der Waals surface area (Å²) in [6, 6.07) is 10.00. The number of nitriles is 1. The highest BCUT2D eigenvalue weighted by atomic mass is 15.1. The average Bonchev–Trinajstić information content (AvgIpc) is 2.35. The molecule has 1 aromatic carbocycles. The molecule has 0 aliphatic rings. The first kappa shape index (κ1) is 15.5. The van der Waals surface area contributed by atoms with Crippen molar-refractivity contribution >= 4 is 5.69 Å². The normalized spacial score (nSPS) is 12.8. The molecule has 0 saturated heterocycles. The SMILES string of the molecule is CC(CNC(C)(C)C)CN(C)c1ccccc1C#N. The van der Waals surface area contributed by atoms with Gasteiger partial charge in [-0.05, 0) is 45.4 Å². The van der Waals surface area contributed by atoms with Gasteiger partial charge in [0.2, 0.25) is 0 Å². The maximum Gasteiger partial charge on any atom is 0.101 e. The van der Waals surface area contributed by atoms with Gasteiger partial charge in [-0.3, -0.25) is 0 Å². The van der Waals surface area contributed by atoms with Crippen molar-refractivity contribution in [2.75, 3.05) is 25.0 Å². The Bertz CT molecular complexity index is 440. The second kappa shape index (κ2) is 6.58. The molecule has 1 N–H and O–H groups in total. The van der Waals surface area contributed by atoms with Gasteiger partial charge < -0.3 is 10.2 Å². The van der Waals surface area contributed by atoms with Gasteiger partial charge in [0, 0.05) is 19.1 Å². The molecule has 104 valence electrons. The summed E-state index contributed by atoms with van der Waals surface area (Å²) < 4.78 is 0. The number of rotatable bonds is 5. The first-order chi connectivity index (χ1) is 8.83. The van der Waals surface area contributed by atoms with Crippen molar-refractivity contribution < 1.29 is 0 Å². The number of nitrogens with one attached hydrogen (secondary N) is 1. The van der Waals surface area contributed by atoms with E-state index in [1.165, 1.54) is 0 Å². The highest BCUT2D eigenvalue weighted by molar-refractivity contribution is 5.58. The molecule has 0 aromatic heterocycles. The van der Waals surface area contributed by atoms with Crippen LogP contribution in [-0.2, 0) is 0 Å². The van der Waals surface area contributed by atoms with E-state index >= 15 is 0 Å².